The maximum Gasteiger partial charge on any atom is 0.277 e. The highest BCUT2D eigenvalue weighted by Gasteiger charge is 2.21. The molecule has 0 amide bonds. The van der Waals surface area contributed by atoms with Crippen LogP contribution in [0.2, 0.25) is 0 Å². The van der Waals surface area contributed by atoms with Gasteiger partial charge in [0.15, 0.2) is 5.82 Å². The minimum absolute atomic E-state index is 0.0574. The summed E-state index contributed by atoms with van der Waals surface area (Å²) < 4.78 is 5.38. The van der Waals surface area contributed by atoms with E-state index in [-0.39, 0.29) is 6.04 Å². The van der Waals surface area contributed by atoms with Crippen molar-refractivity contribution in [3.05, 3.63) is 16.2 Å². The predicted octanol–water partition coefficient (Wildman–Crippen LogP) is 3.65. The van der Waals surface area contributed by atoms with Crippen molar-refractivity contribution in [1.82, 2.24) is 15.1 Å². The molecule has 0 aliphatic heterocycles. The highest BCUT2D eigenvalue weighted by Crippen LogP contribution is 2.31. The lowest BCUT2D eigenvalue weighted by molar-refractivity contribution is 0.409. The first-order chi connectivity index (χ1) is 9.74. The van der Waals surface area contributed by atoms with Crippen LogP contribution in [0.4, 0.5) is 0 Å². The molecule has 2 N–H and O–H groups in total. The molecule has 1 aliphatic rings. The zero-order valence-electron chi connectivity index (χ0n) is 11.7. The molecule has 20 heavy (non-hydrogen) atoms. The van der Waals surface area contributed by atoms with Gasteiger partial charge in [-0.3, -0.25) is 0 Å². The van der Waals surface area contributed by atoms with Crippen LogP contribution in [-0.4, -0.2) is 15.1 Å². The molecule has 2 aromatic rings. The van der Waals surface area contributed by atoms with Gasteiger partial charge in [-0.05, 0) is 19.8 Å². The van der Waals surface area contributed by atoms with Crippen LogP contribution in [0.3, 0.4) is 0 Å². The van der Waals surface area contributed by atoms with Crippen LogP contribution >= 0.6 is 11.3 Å². The highest BCUT2D eigenvalue weighted by atomic mass is 32.1. The molecule has 3 rings (SSSR count). The van der Waals surface area contributed by atoms with E-state index in [1.165, 1.54) is 49.9 Å². The second-order valence-corrected chi connectivity index (χ2v) is 6.40. The van der Waals surface area contributed by atoms with E-state index in [4.69, 9.17) is 10.3 Å². The molecule has 1 atom stereocenters. The van der Waals surface area contributed by atoms with Crippen molar-refractivity contribution in [3.63, 3.8) is 0 Å². The lowest BCUT2D eigenvalue weighted by Crippen LogP contribution is -2.03. The van der Waals surface area contributed by atoms with Crippen molar-refractivity contribution in [3.8, 4) is 11.6 Å². The Labute approximate surface area is 122 Å². The lowest BCUT2D eigenvalue weighted by atomic mass is 10.00. The predicted molar refractivity (Wildman–Crippen MR) is 78.5 cm³/mol. The molecule has 0 saturated heterocycles. The minimum Gasteiger partial charge on any atom is -0.332 e. The molecule has 2 aromatic heterocycles. The monoisotopic (exact) mass is 292 g/mol. The van der Waals surface area contributed by atoms with Crippen molar-refractivity contribution < 1.29 is 4.52 Å². The highest BCUT2D eigenvalue weighted by molar-refractivity contribution is 7.10. The number of aromatic nitrogens is 3. The zero-order valence-corrected chi connectivity index (χ0v) is 12.5. The largest absolute Gasteiger partial charge is 0.332 e. The fraction of sp³-hybridized carbons (Fsp3) is 0.643. The molecule has 0 bridgehead atoms. The van der Waals surface area contributed by atoms with Crippen LogP contribution in [0.25, 0.3) is 11.6 Å². The van der Waals surface area contributed by atoms with Crippen molar-refractivity contribution in [2.75, 3.05) is 0 Å². The van der Waals surface area contributed by atoms with E-state index in [1.807, 2.05) is 12.3 Å². The Hall–Kier alpha value is -1.27. The number of nitrogens with zero attached hydrogens (tertiary/aromatic N) is 3. The summed E-state index contributed by atoms with van der Waals surface area (Å²) in [6, 6.07) is -0.0574. The second kappa shape index (κ2) is 6.01. The number of rotatable bonds is 3. The SMILES string of the molecule is CC(N)c1nc(-c2nc(C3CCCCCC3)no2)cs1. The molecule has 6 heteroatoms. The molecule has 5 nitrogen and oxygen atoms in total. The summed E-state index contributed by atoms with van der Waals surface area (Å²) >= 11 is 1.54. The summed E-state index contributed by atoms with van der Waals surface area (Å²) in [6.07, 6.45) is 7.51. The van der Waals surface area contributed by atoms with Gasteiger partial charge in [-0.15, -0.1) is 11.3 Å². The van der Waals surface area contributed by atoms with Gasteiger partial charge in [0.25, 0.3) is 5.89 Å². The van der Waals surface area contributed by atoms with Crippen LogP contribution in [0.5, 0.6) is 0 Å². The molecular formula is C14H20N4OS. The van der Waals surface area contributed by atoms with Crippen LogP contribution < -0.4 is 5.73 Å². The van der Waals surface area contributed by atoms with Gasteiger partial charge in [-0.2, -0.15) is 4.98 Å². The average Bonchev–Trinajstić information content (AvgIpc) is 3.02. The number of thiazole rings is 1. The Kier molecular flexibility index (Phi) is 4.12. The van der Waals surface area contributed by atoms with Crippen LogP contribution in [0.15, 0.2) is 9.90 Å². The maximum absolute atomic E-state index is 5.83. The molecule has 0 radical (unpaired) electrons. The van der Waals surface area contributed by atoms with E-state index in [0.29, 0.717) is 11.8 Å². The van der Waals surface area contributed by atoms with Gasteiger partial charge in [0.2, 0.25) is 0 Å². The molecule has 108 valence electrons. The summed E-state index contributed by atoms with van der Waals surface area (Å²) in [4.78, 5) is 9.00. The summed E-state index contributed by atoms with van der Waals surface area (Å²) in [5.74, 6) is 1.81. The van der Waals surface area contributed by atoms with E-state index < -0.39 is 0 Å². The van der Waals surface area contributed by atoms with Crippen molar-refractivity contribution in [2.45, 2.75) is 57.4 Å². The fourth-order valence-corrected chi connectivity index (χ4v) is 3.39. The minimum atomic E-state index is -0.0574. The standard InChI is InChI=1S/C14H20N4OS/c1-9(15)14-16-11(8-20-14)13-17-12(18-19-13)10-6-4-2-3-5-7-10/h8-10H,2-7,15H2,1H3. The van der Waals surface area contributed by atoms with Crippen molar-refractivity contribution >= 4 is 11.3 Å². The van der Waals surface area contributed by atoms with E-state index in [9.17, 15) is 0 Å². The third-order valence-corrected chi connectivity index (χ3v) is 4.84. The second-order valence-electron chi connectivity index (χ2n) is 5.51. The molecular weight excluding hydrogens is 272 g/mol. The molecule has 0 spiro atoms. The topological polar surface area (TPSA) is 77.8 Å². The molecule has 0 aromatic carbocycles. The summed E-state index contributed by atoms with van der Waals surface area (Å²) in [7, 11) is 0. The van der Waals surface area contributed by atoms with Crippen molar-refractivity contribution in [2.24, 2.45) is 5.73 Å². The maximum atomic E-state index is 5.83. The lowest BCUT2D eigenvalue weighted by Gasteiger charge is -2.07. The third kappa shape index (κ3) is 2.91. The zero-order chi connectivity index (χ0) is 13.9. The Balaban J connectivity index is 1.78. The van der Waals surface area contributed by atoms with Crippen LogP contribution in [0.1, 0.15) is 68.2 Å². The quantitative estimate of drug-likeness (QED) is 0.874. The number of nitrogens with two attached hydrogens (primary N) is 1. The first kappa shape index (κ1) is 13.7. The number of hydrogen-bond donors (Lipinski definition) is 1. The smallest absolute Gasteiger partial charge is 0.277 e. The summed E-state index contributed by atoms with van der Waals surface area (Å²) in [5.41, 5.74) is 6.57. The summed E-state index contributed by atoms with van der Waals surface area (Å²) in [5, 5.41) is 6.99. The molecule has 1 fully saturated rings. The van der Waals surface area contributed by atoms with Crippen LogP contribution in [-0.2, 0) is 0 Å². The van der Waals surface area contributed by atoms with E-state index in [2.05, 4.69) is 15.1 Å². The van der Waals surface area contributed by atoms with Gasteiger partial charge in [0, 0.05) is 11.3 Å². The third-order valence-electron chi connectivity index (χ3n) is 3.79. The van der Waals surface area contributed by atoms with Gasteiger partial charge in [-0.25, -0.2) is 4.98 Å². The van der Waals surface area contributed by atoms with Crippen molar-refractivity contribution in [1.29, 1.82) is 0 Å². The molecule has 1 unspecified atom stereocenters. The molecule has 2 heterocycles. The first-order valence-corrected chi connectivity index (χ1v) is 8.17. The van der Waals surface area contributed by atoms with Gasteiger partial charge < -0.3 is 10.3 Å². The number of hydrogen-bond acceptors (Lipinski definition) is 6. The molecule has 1 aliphatic carbocycles. The summed E-state index contributed by atoms with van der Waals surface area (Å²) in [6.45, 7) is 1.92. The van der Waals surface area contributed by atoms with E-state index in [0.717, 1.165) is 16.5 Å². The van der Waals surface area contributed by atoms with Gasteiger partial charge in [-0.1, -0.05) is 30.8 Å². The normalized spacial score (nSPS) is 18.9. The van der Waals surface area contributed by atoms with E-state index in [1.54, 1.807) is 0 Å². The Morgan fingerprint density at radius 1 is 1.25 bits per heavy atom. The first-order valence-electron chi connectivity index (χ1n) is 7.29. The van der Waals surface area contributed by atoms with Crippen LogP contribution in [0, 0.1) is 0 Å². The fourth-order valence-electron chi connectivity index (χ4n) is 2.64. The van der Waals surface area contributed by atoms with Gasteiger partial charge in [0.05, 0.1) is 6.04 Å². The average molecular weight is 292 g/mol. The van der Waals surface area contributed by atoms with Gasteiger partial charge >= 0.3 is 0 Å². The molecule has 1 saturated carbocycles. The van der Waals surface area contributed by atoms with E-state index >= 15 is 0 Å². The Bertz CT molecular complexity index is 555. The Morgan fingerprint density at radius 2 is 2.00 bits per heavy atom. The van der Waals surface area contributed by atoms with Gasteiger partial charge in [0.1, 0.15) is 10.7 Å². The Morgan fingerprint density at radius 3 is 2.65 bits per heavy atom.